The number of carbonyl (C=O) groups is 1. The van der Waals surface area contributed by atoms with Crippen LogP contribution in [0.5, 0.6) is 0 Å². The first kappa shape index (κ1) is 18.8. The third kappa shape index (κ3) is 4.24. The van der Waals surface area contributed by atoms with E-state index in [0.29, 0.717) is 36.0 Å². The number of sulfonamides is 1. The van der Waals surface area contributed by atoms with Crippen molar-refractivity contribution in [1.29, 1.82) is 0 Å². The summed E-state index contributed by atoms with van der Waals surface area (Å²) in [6.07, 6.45) is -0.147. The number of rotatable bonds is 4. The quantitative estimate of drug-likeness (QED) is 0.864. The zero-order chi connectivity index (χ0) is 18.7. The van der Waals surface area contributed by atoms with Gasteiger partial charge in [0.25, 0.3) is 5.91 Å². The maximum atomic E-state index is 12.8. The molecule has 3 rings (SSSR count). The molecule has 1 atom stereocenters. The highest BCUT2D eigenvalue weighted by Crippen LogP contribution is 2.22. The number of anilines is 1. The third-order valence-electron chi connectivity index (χ3n) is 4.04. The normalized spacial score (nSPS) is 18.5. The van der Waals surface area contributed by atoms with Crippen molar-refractivity contribution in [2.24, 2.45) is 0 Å². The van der Waals surface area contributed by atoms with E-state index in [9.17, 15) is 13.2 Å². The standard InChI is InChI=1S/C18H19ClN2O4S/c1-13-12-21(9-10-25-13)26(23,24)17-4-2-3-16(11-17)20-18(22)14-5-7-15(19)8-6-14/h2-8,11,13H,9-10,12H2,1H3,(H,20,22). The van der Waals surface area contributed by atoms with E-state index >= 15 is 0 Å². The number of ether oxygens (including phenoxy) is 1. The molecule has 0 aromatic heterocycles. The molecule has 0 radical (unpaired) electrons. The van der Waals surface area contributed by atoms with Crippen molar-refractivity contribution in [1.82, 2.24) is 4.31 Å². The second kappa shape index (κ2) is 7.75. The molecule has 0 bridgehead atoms. The van der Waals surface area contributed by atoms with Gasteiger partial charge in [-0.25, -0.2) is 8.42 Å². The van der Waals surface area contributed by atoms with Gasteiger partial charge in [0, 0.05) is 29.4 Å². The molecular weight excluding hydrogens is 376 g/mol. The lowest BCUT2D eigenvalue weighted by molar-refractivity contribution is 0.0102. The molecule has 138 valence electrons. The number of amides is 1. The minimum Gasteiger partial charge on any atom is -0.376 e. The highest BCUT2D eigenvalue weighted by Gasteiger charge is 2.29. The van der Waals surface area contributed by atoms with Crippen molar-refractivity contribution >= 4 is 33.2 Å². The van der Waals surface area contributed by atoms with E-state index in [-0.39, 0.29) is 16.9 Å². The van der Waals surface area contributed by atoms with Crippen LogP contribution in [0.1, 0.15) is 17.3 Å². The average molecular weight is 395 g/mol. The number of morpholine rings is 1. The smallest absolute Gasteiger partial charge is 0.255 e. The molecule has 1 aliphatic heterocycles. The topological polar surface area (TPSA) is 75.7 Å². The molecule has 0 aliphatic carbocycles. The molecule has 6 nitrogen and oxygen atoms in total. The number of halogens is 1. The fourth-order valence-corrected chi connectivity index (χ4v) is 4.36. The molecule has 2 aromatic rings. The Morgan fingerprint density at radius 1 is 1.23 bits per heavy atom. The van der Waals surface area contributed by atoms with Crippen LogP contribution in [0.4, 0.5) is 5.69 Å². The summed E-state index contributed by atoms with van der Waals surface area (Å²) in [6.45, 7) is 2.83. The van der Waals surface area contributed by atoms with E-state index in [1.807, 2.05) is 6.92 Å². The summed E-state index contributed by atoms with van der Waals surface area (Å²) in [6, 6.07) is 12.7. The van der Waals surface area contributed by atoms with Crippen molar-refractivity contribution in [3.8, 4) is 0 Å². The van der Waals surface area contributed by atoms with Gasteiger partial charge in [0.15, 0.2) is 0 Å². The van der Waals surface area contributed by atoms with Gasteiger partial charge in [-0.15, -0.1) is 0 Å². The Hall–Kier alpha value is -1.93. The third-order valence-corrected chi connectivity index (χ3v) is 6.15. The van der Waals surface area contributed by atoms with Crippen molar-refractivity contribution in [3.63, 3.8) is 0 Å². The number of benzene rings is 2. The largest absolute Gasteiger partial charge is 0.376 e. The zero-order valence-electron chi connectivity index (χ0n) is 14.2. The summed E-state index contributed by atoms with van der Waals surface area (Å²) in [5.74, 6) is -0.337. The second-order valence-electron chi connectivity index (χ2n) is 6.03. The molecule has 1 N–H and O–H groups in total. The Kier molecular flexibility index (Phi) is 5.62. The average Bonchev–Trinajstić information content (AvgIpc) is 2.62. The summed E-state index contributed by atoms with van der Waals surface area (Å²) >= 11 is 5.82. The first-order valence-corrected chi connectivity index (χ1v) is 9.97. The predicted molar refractivity (Wildman–Crippen MR) is 100 cm³/mol. The van der Waals surface area contributed by atoms with Crippen molar-refractivity contribution in [3.05, 3.63) is 59.1 Å². The van der Waals surface area contributed by atoms with E-state index in [1.54, 1.807) is 36.4 Å². The molecule has 1 heterocycles. The maximum Gasteiger partial charge on any atom is 0.255 e. The molecule has 2 aromatic carbocycles. The van der Waals surface area contributed by atoms with Crippen molar-refractivity contribution in [2.75, 3.05) is 25.0 Å². The lowest BCUT2D eigenvalue weighted by atomic mass is 10.2. The molecular formula is C18H19ClN2O4S. The maximum absolute atomic E-state index is 12.8. The highest BCUT2D eigenvalue weighted by molar-refractivity contribution is 7.89. The van der Waals surface area contributed by atoms with Crippen molar-refractivity contribution in [2.45, 2.75) is 17.9 Å². The summed E-state index contributed by atoms with van der Waals surface area (Å²) < 4.78 is 32.4. The van der Waals surface area contributed by atoms with Crippen LogP contribution < -0.4 is 5.32 Å². The Labute approximate surface area is 157 Å². The molecule has 1 fully saturated rings. The van der Waals surface area contributed by atoms with Crippen LogP contribution in [0.2, 0.25) is 5.02 Å². The fraction of sp³-hybridized carbons (Fsp3) is 0.278. The van der Waals surface area contributed by atoms with Crippen LogP contribution in [-0.2, 0) is 14.8 Å². The summed E-state index contributed by atoms with van der Waals surface area (Å²) in [5.41, 5.74) is 0.844. The van der Waals surface area contributed by atoms with E-state index < -0.39 is 10.0 Å². The van der Waals surface area contributed by atoms with E-state index in [2.05, 4.69) is 5.32 Å². The number of nitrogens with zero attached hydrogens (tertiary/aromatic N) is 1. The Balaban J connectivity index is 1.79. The van der Waals surface area contributed by atoms with Gasteiger partial charge in [-0.2, -0.15) is 4.31 Å². The second-order valence-corrected chi connectivity index (χ2v) is 8.41. The molecule has 0 spiro atoms. The molecule has 8 heteroatoms. The summed E-state index contributed by atoms with van der Waals surface area (Å²) in [7, 11) is -3.64. The Morgan fingerprint density at radius 2 is 1.96 bits per heavy atom. The molecule has 1 aliphatic rings. The van der Waals surface area contributed by atoms with Gasteiger partial charge >= 0.3 is 0 Å². The van der Waals surface area contributed by atoms with Gasteiger partial charge in [-0.05, 0) is 49.4 Å². The number of nitrogens with one attached hydrogen (secondary N) is 1. The number of hydrogen-bond acceptors (Lipinski definition) is 4. The summed E-state index contributed by atoms with van der Waals surface area (Å²) in [5, 5.41) is 3.25. The van der Waals surface area contributed by atoms with Crippen LogP contribution in [0.25, 0.3) is 0 Å². The zero-order valence-corrected chi connectivity index (χ0v) is 15.8. The lowest BCUT2D eigenvalue weighted by Gasteiger charge is -2.30. The summed E-state index contributed by atoms with van der Waals surface area (Å²) in [4.78, 5) is 12.4. The van der Waals surface area contributed by atoms with Gasteiger partial charge in [-0.3, -0.25) is 4.79 Å². The first-order valence-electron chi connectivity index (χ1n) is 8.15. The number of carbonyl (C=O) groups excluding carboxylic acids is 1. The van der Waals surface area contributed by atoms with E-state index in [0.717, 1.165) is 0 Å². The Morgan fingerprint density at radius 3 is 2.65 bits per heavy atom. The molecule has 1 saturated heterocycles. The minimum atomic E-state index is -3.64. The van der Waals surface area contributed by atoms with Gasteiger partial charge in [0.1, 0.15) is 0 Å². The van der Waals surface area contributed by atoms with Crippen molar-refractivity contribution < 1.29 is 17.9 Å². The van der Waals surface area contributed by atoms with E-state index in [4.69, 9.17) is 16.3 Å². The molecule has 1 unspecified atom stereocenters. The first-order chi connectivity index (χ1) is 12.4. The van der Waals surface area contributed by atoms with Gasteiger partial charge < -0.3 is 10.1 Å². The SMILES string of the molecule is CC1CN(S(=O)(=O)c2cccc(NC(=O)c3ccc(Cl)cc3)c2)CCO1. The monoisotopic (exact) mass is 394 g/mol. The fourth-order valence-electron chi connectivity index (χ4n) is 2.69. The number of hydrogen-bond donors (Lipinski definition) is 1. The minimum absolute atomic E-state index is 0.139. The molecule has 1 amide bonds. The van der Waals surface area contributed by atoms with Crippen LogP contribution in [-0.4, -0.2) is 44.4 Å². The van der Waals surface area contributed by atoms with Crippen LogP contribution in [0.15, 0.2) is 53.4 Å². The molecule has 0 saturated carbocycles. The van der Waals surface area contributed by atoms with E-state index in [1.165, 1.54) is 16.4 Å². The predicted octanol–water partition coefficient (Wildman–Crippen LogP) is 3.00. The lowest BCUT2D eigenvalue weighted by Crippen LogP contribution is -2.44. The van der Waals surface area contributed by atoms with Crippen LogP contribution >= 0.6 is 11.6 Å². The highest BCUT2D eigenvalue weighted by atomic mass is 35.5. The van der Waals surface area contributed by atoms with Gasteiger partial charge in [0.05, 0.1) is 17.6 Å². The van der Waals surface area contributed by atoms with Crippen LogP contribution in [0, 0.1) is 0 Å². The van der Waals surface area contributed by atoms with Gasteiger partial charge in [-0.1, -0.05) is 17.7 Å². The molecule has 26 heavy (non-hydrogen) atoms. The Bertz CT molecular complexity index is 900. The van der Waals surface area contributed by atoms with Crippen LogP contribution in [0.3, 0.4) is 0 Å². The van der Waals surface area contributed by atoms with Gasteiger partial charge in [0.2, 0.25) is 10.0 Å².